The van der Waals surface area contributed by atoms with Gasteiger partial charge >= 0.3 is 6.03 Å². The summed E-state index contributed by atoms with van der Waals surface area (Å²) in [5, 5.41) is 16.1. The largest absolute Gasteiger partial charge is 0.329 e. The number of rotatable bonds is 4. The van der Waals surface area contributed by atoms with E-state index in [0.29, 0.717) is 16.9 Å². The smallest absolute Gasteiger partial charge is 0.319 e. The van der Waals surface area contributed by atoms with Gasteiger partial charge in [0, 0.05) is 11.4 Å². The lowest BCUT2D eigenvalue weighted by atomic mass is 10.2. The van der Waals surface area contributed by atoms with E-state index >= 15 is 0 Å². The lowest BCUT2D eigenvalue weighted by Gasteiger charge is -2.08. The number of amides is 3. The lowest BCUT2D eigenvalue weighted by molar-refractivity contribution is -0.115. The average Bonchev–Trinajstić information content (AvgIpc) is 2.56. The first-order chi connectivity index (χ1) is 11.1. The number of hydrogen-bond acceptors (Lipinski definition) is 3. The third kappa shape index (κ3) is 5.13. The zero-order chi connectivity index (χ0) is 16.7. The van der Waals surface area contributed by atoms with Gasteiger partial charge in [0.1, 0.15) is 5.82 Å². The Bertz CT molecular complexity index is 736. The molecule has 0 atom stereocenters. The molecule has 23 heavy (non-hydrogen) atoms. The van der Waals surface area contributed by atoms with E-state index in [1.165, 1.54) is 24.3 Å². The minimum absolute atomic E-state index is 0.237. The third-order valence-corrected chi connectivity index (χ3v) is 2.81. The number of nitriles is 1. The summed E-state index contributed by atoms with van der Waals surface area (Å²) in [6.45, 7) is -0.237. The van der Waals surface area contributed by atoms with Crippen molar-refractivity contribution in [3.05, 3.63) is 59.9 Å². The standard InChI is InChI=1S/C16H13FN4O2/c17-12-3-7-13(8-4-12)20-15(22)10-19-16(23)21-14-5-1-11(9-18)2-6-14/h1-8H,10H2,(H,20,22)(H2,19,21,23). The fourth-order valence-corrected chi connectivity index (χ4v) is 1.70. The molecule has 0 aliphatic carbocycles. The van der Waals surface area contributed by atoms with Crippen LogP contribution in [0.5, 0.6) is 0 Å². The first kappa shape index (κ1) is 16.0. The number of nitrogens with one attached hydrogen (secondary N) is 3. The molecule has 0 radical (unpaired) electrons. The van der Waals surface area contributed by atoms with Crippen LogP contribution in [0.15, 0.2) is 48.5 Å². The van der Waals surface area contributed by atoms with Crippen molar-refractivity contribution in [2.24, 2.45) is 0 Å². The number of urea groups is 1. The van der Waals surface area contributed by atoms with E-state index in [1.54, 1.807) is 24.3 Å². The van der Waals surface area contributed by atoms with Gasteiger partial charge in [-0.15, -0.1) is 0 Å². The first-order valence-corrected chi connectivity index (χ1v) is 6.67. The van der Waals surface area contributed by atoms with E-state index in [9.17, 15) is 14.0 Å². The highest BCUT2D eigenvalue weighted by atomic mass is 19.1. The third-order valence-electron chi connectivity index (χ3n) is 2.81. The molecule has 0 unspecified atom stereocenters. The van der Waals surface area contributed by atoms with Gasteiger partial charge in [-0.25, -0.2) is 9.18 Å². The molecule has 7 heteroatoms. The number of benzene rings is 2. The van der Waals surface area contributed by atoms with Crippen LogP contribution in [-0.2, 0) is 4.79 Å². The van der Waals surface area contributed by atoms with Crippen LogP contribution in [0.1, 0.15) is 5.56 Å². The van der Waals surface area contributed by atoms with Gasteiger partial charge in [0.05, 0.1) is 18.2 Å². The number of carbonyl (C=O) groups is 2. The van der Waals surface area contributed by atoms with E-state index in [0.717, 1.165) is 0 Å². The molecule has 0 spiro atoms. The van der Waals surface area contributed by atoms with Crippen LogP contribution >= 0.6 is 0 Å². The van der Waals surface area contributed by atoms with E-state index in [1.807, 2.05) is 6.07 Å². The van der Waals surface area contributed by atoms with Gasteiger partial charge in [-0.1, -0.05) is 0 Å². The zero-order valence-corrected chi connectivity index (χ0v) is 12.0. The van der Waals surface area contributed by atoms with E-state index in [-0.39, 0.29) is 6.54 Å². The summed E-state index contributed by atoms with van der Waals surface area (Å²) >= 11 is 0. The van der Waals surface area contributed by atoms with E-state index in [2.05, 4.69) is 16.0 Å². The fraction of sp³-hybridized carbons (Fsp3) is 0.0625. The van der Waals surface area contributed by atoms with Crippen molar-refractivity contribution >= 4 is 23.3 Å². The highest BCUT2D eigenvalue weighted by Crippen LogP contribution is 2.09. The molecule has 2 aromatic rings. The Labute approximate surface area is 131 Å². The number of halogens is 1. The van der Waals surface area contributed by atoms with Crippen LogP contribution in [0.4, 0.5) is 20.6 Å². The fourth-order valence-electron chi connectivity index (χ4n) is 1.70. The Hall–Kier alpha value is -3.40. The minimum Gasteiger partial charge on any atom is -0.329 e. The Morgan fingerprint density at radius 3 is 2.13 bits per heavy atom. The van der Waals surface area contributed by atoms with Gasteiger partial charge in [0.25, 0.3) is 0 Å². The van der Waals surface area contributed by atoms with Crippen LogP contribution in [0.3, 0.4) is 0 Å². The monoisotopic (exact) mass is 312 g/mol. The van der Waals surface area contributed by atoms with Crippen LogP contribution in [0.25, 0.3) is 0 Å². The highest BCUT2D eigenvalue weighted by molar-refractivity contribution is 5.96. The Kier molecular flexibility index (Phi) is 5.25. The molecule has 0 saturated heterocycles. The van der Waals surface area contributed by atoms with Gasteiger partial charge < -0.3 is 16.0 Å². The molecule has 0 aliphatic rings. The number of carbonyl (C=O) groups excluding carboxylic acids is 2. The Balaban J connectivity index is 1.78. The van der Waals surface area contributed by atoms with E-state index in [4.69, 9.17) is 5.26 Å². The normalized spacial score (nSPS) is 9.57. The predicted octanol–water partition coefficient (Wildman–Crippen LogP) is 2.46. The first-order valence-electron chi connectivity index (χ1n) is 6.67. The quantitative estimate of drug-likeness (QED) is 0.809. The predicted molar refractivity (Wildman–Crippen MR) is 83.2 cm³/mol. The van der Waals surface area contributed by atoms with Crippen molar-refractivity contribution in [2.45, 2.75) is 0 Å². The molecule has 2 aromatic carbocycles. The second-order valence-corrected chi connectivity index (χ2v) is 4.55. The molecule has 0 aliphatic heterocycles. The molecular weight excluding hydrogens is 299 g/mol. The SMILES string of the molecule is N#Cc1ccc(NC(=O)NCC(=O)Nc2ccc(F)cc2)cc1. The molecule has 0 bridgehead atoms. The summed E-state index contributed by atoms with van der Waals surface area (Å²) in [5.41, 5.74) is 1.42. The van der Waals surface area contributed by atoms with Gasteiger partial charge in [-0.2, -0.15) is 5.26 Å². The van der Waals surface area contributed by atoms with Crippen LogP contribution in [-0.4, -0.2) is 18.5 Å². The summed E-state index contributed by atoms with van der Waals surface area (Å²) < 4.78 is 12.7. The highest BCUT2D eigenvalue weighted by Gasteiger charge is 2.06. The van der Waals surface area contributed by atoms with Crippen molar-refractivity contribution in [3.8, 4) is 6.07 Å². The molecule has 116 valence electrons. The van der Waals surface area contributed by atoms with Crippen LogP contribution < -0.4 is 16.0 Å². The molecule has 0 fully saturated rings. The maximum atomic E-state index is 12.7. The van der Waals surface area contributed by atoms with E-state index < -0.39 is 17.8 Å². The summed E-state index contributed by atoms with van der Waals surface area (Å²) in [4.78, 5) is 23.3. The van der Waals surface area contributed by atoms with Crippen LogP contribution in [0.2, 0.25) is 0 Å². The second kappa shape index (κ2) is 7.56. The molecule has 6 nitrogen and oxygen atoms in total. The number of anilines is 2. The molecule has 3 amide bonds. The van der Waals surface area contributed by atoms with Crippen molar-refractivity contribution in [1.29, 1.82) is 5.26 Å². The molecule has 3 N–H and O–H groups in total. The minimum atomic E-state index is -0.552. The molecule has 0 heterocycles. The zero-order valence-electron chi connectivity index (χ0n) is 12.0. The summed E-state index contributed by atoms with van der Waals surface area (Å²) in [6, 6.07) is 13.0. The van der Waals surface area contributed by atoms with Gasteiger partial charge in [-0.3, -0.25) is 4.79 Å². The van der Waals surface area contributed by atoms with Gasteiger partial charge in [-0.05, 0) is 48.5 Å². The second-order valence-electron chi connectivity index (χ2n) is 4.55. The van der Waals surface area contributed by atoms with Gasteiger partial charge in [0.15, 0.2) is 0 Å². The number of hydrogen-bond donors (Lipinski definition) is 3. The maximum absolute atomic E-state index is 12.7. The maximum Gasteiger partial charge on any atom is 0.319 e. The van der Waals surface area contributed by atoms with Crippen molar-refractivity contribution in [3.63, 3.8) is 0 Å². The molecule has 2 rings (SSSR count). The Morgan fingerprint density at radius 2 is 1.52 bits per heavy atom. The van der Waals surface area contributed by atoms with Gasteiger partial charge in [0.2, 0.25) is 5.91 Å². The average molecular weight is 312 g/mol. The van der Waals surface area contributed by atoms with Crippen molar-refractivity contribution in [1.82, 2.24) is 5.32 Å². The molecule has 0 saturated carbocycles. The van der Waals surface area contributed by atoms with Crippen molar-refractivity contribution in [2.75, 3.05) is 17.2 Å². The lowest BCUT2D eigenvalue weighted by Crippen LogP contribution is -2.35. The summed E-state index contributed by atoms with van der Waals surface area (Å²) in [6.07, 6.45) is 0. The number of nitrogens with zero attached hydrogens (tertiary/aromatic N) is 1. The summed E-state index contributed by atoms with van der Waals surface area (Å²) in [7, 11) is 0. The Morgan fingerprint density at radius 1 is 0.957 bits per heavy atom. The molecular formula is C16H13FN4O2. The molecule has 0 aromatic heterocycles. The van der Waals surface area contributed by atoms with Crippen LogP contribution in [0, 0.1) is 17.1 Å². The summed E-state index contributed by atoms with van der Waals surface area (Å²) in [5.74, 6) is -0.838. The van der Waals surface area contributed by atoms with Crippen molar-refractivity contribution < 1.29 is 14.0 Å². The topological polar surface area (TPSA) is 94.0 Å².